The summed E-state index contributed by atoms with van der Waals surface area (Å²) >= 11 is 2.41. The molecule has 2 amide bonds. The molecule has 114 valence electrons. The lowest BCUT2D eigenvalue weighted by atomic mass is 10.1. The van der Waals surface area contributed by atoms with E-state index in [0.717, 1.165) is 29.1 Å². The van der Waals surface area contributed by atoms with E-state index in [9.17, 15) is 14.4 Å². The van der Waals surface area contributed by atoms with Crippen molar-refractivity contribution >= 4 is 40.9 Å². The fourth-order valence-electron chi connectivity index (χ4n) is 2.41. The van der Waals surface area contributed by atoms with Crippen LogP contribution in [0.5, 0.6) is 0 Å². The lowest BCUT2D eigenvalue weighted by Gasteiger charge is -2.24. The second kappa shape index (κ2) is 6.62. The van der Waals surface area contributed by atoms with Crippen molar-refractivity contribution < 1.29 is 19.5 Å². The fraction of sp³-hybridized carbons (Fsp3) is 0.500. The summed E-state index contributed by atoms with van der Waals surface area (Å²) in [5, 5.41) is 10.2. The van der Waals surface area contributed by atoms with E-state index in [2.05, 4.69) is 0 Å². The van der Waals surface area contributed by atoms with Crippen molar-refractivity contribution in [3.8, 4) is 0 Å². The van der Waals surface area contributed by atoms with Gasteiger partial charge in [0.1, 0.15) is 4.88 Å². The molecule has 0 aliphatic carbocycles. The van der Waals surface area contributed by atoms with Crippen LogP contribution in [0.1, 0.15) is 42.8 Å². The number of carboxylic acids is 1. The summed E-state index contributed by atoms with van der Waals surface area (Å²) in [5.41, 5.74) is 0. The Bertz CT molecular complexity index is 565. The van der Waals surface area contributed by atoms with E-state index >= 15 is 0 Å². The Morgan fingerprint density at radius 2 is 2.14 bits per heavy atom. The van der Waals surface area contributed by atoms with Gasteiger partial charge in [-0.1, -0.05) is 13.8 Å². The van der Waals surface area contributed by atoms with Gasteiger partial charge in [0, 0.05) is 22.7 Å². The molecule has 1 unspecified atom stereocenters. The molecule has 0 radical (unpaired) electrons. The maximum absolute atomic E-state index is 12.4. The van der Waals surface area contributed by atoms with Crippen LogP contribution < -0.4 is 0 Å². The second-order valence-corrected chi connectivity index (χ2v) is 7.02. The number of aromatic carboxylic acids is 1. The third-order valence-electron chi connectivity index (χ3n) is 3.51. The van der Waals surface area contributed by atoms with Crippen molar-refractivity contribution in [3.05, 3.63) is 16.3 Å². The molecular weight excluding hydrogens is 310 g/mol. The molecule has 0 spiro atoms. The van der Waals surface area contributed by atoms with Crippen LogP contribution in [0.3, 0.4) is 0 Å². The first-order valence-corrected chi connectivity index (χ1v) is 8.58. The highest BCUT2D eigenvalue weighted by Gasteiger charge is 2.41. The number of carbonyl (C=O) groups excluding carboxylic acids is 2. The van der Waals surface area contributed by atoms with E-state index < -0.39 is 11.2 Å². The summed E-state index contributed by atoms with van der Waals surface area (Å²) in [6.45, 7) is 3.93. The number of hydrogen-bond acceptors (Lipinski definition) is 5. The van der Waals surface area contributed by atoms with Crippen LogP contribution in [-0.4, -0.2) is 39.1 Å². The molecule has 1 aliphatic heterocycles. The molecule has 1 fully saturated rings. The van der Waals surface area contributed by atoms with E-state index in [1.165, 1.54) is 16.7 Å². The van der Waals surface area contributed by atoms with Gasteiger partial charge in [0.15, 0.2) is 0 Å². The average molecular weight is 327 g/mol. The van der Waals surface area contributed by atoms with Crippen LogP contribution in [0.2, 0.25) is 0 Å². The minimum atomic E-state index is -0.973. The van der Waals surface area contributed by atoms with Crippen molar-refractivity contribution in [2.24, 2.45) is 0 Å². The molecule has 0 bridgehead atoms. The van der Waals surface area contributed by atoms with Gasteiger partial charge in [-0.25, -0.2) is 4.79 Å². The quantitative estimate of drug-likeness (QED) is 0.813. The third kappa shape index (κ3) is 3.29. The largest absolute Gasteiger partial charge is 0.477 e. The molecule has 0 aromatic carbocycles. The topological polar surface area (TPSA) is 74.7 Å². The van der Waals surface area contributed by atoms with Crippen LogP contribution in [0, 0.1) is 0 Å². The minimum absolute atomic E-state index is 0.0346. The number of amides is 2. The van der Waals surface area contributed by atoms with E-state index in [0.29, 0.717) is 0 Å². The van der Waals surface area contributed by atoms with Crippen LogP contribution in [0.15, 0.2) is 16.3 Å². The summed E-state index contributed by atoms with van der Waals surface area (Å²) in [6, 6.07) is 1.52. The zero-order valence-corrected chi connectivity index (χ0v) is 13.5. The lowest BCUT2D eigenvalue weighted by Crippen LogP contribution is -2.40. The summed E-state index contributed by atoms with van der Waals surface area (Å²) in [6.07, 6.45) is 1.71. The van der Waals surface area contributed by atoms with Gasteiger partial charge in [0.05, 0.1) is 5.25 Å². The predicted molar refractivity (Wildman–Crippen MR) is 81.8 cm³/mol. The summed E-state index contributed by atoms with van der Waals surface area (Å²) in [5.74, 6) is -1.25. The smallest absolute Gasteiger partial charge is 0.345 e. The Morgan fingerprint density at radius 1 is 1.48 bits per heavy atom. The summed E-state index contributed by atoms with van der Waals surface area (Å²) in [7, 11) is 0. The van der Waals surface area contributed by atoms with Crippen molar-refractivity contribution in [2.75, 3.05) is 0 Å². The zero-order chi connectivity index (χ0) is 15.6. The maximum Gasteiger partial charge on any atom is 0.345 e. The highest BCUT2D eigenvalue weighted by Crippen LogP contribution is 2.35. The Kier molecular flexibility index (Phi) is 5.05. The van der Waals surface area contributed by atoms with E-state index in [-0.39, 0.29) is 29.2 Å². The van der Waals surface area contributed by atoms with Crippen LogP contribution in [0.25, 0.3) is 0 Å². The van der Waals surface area contributed by atoms with Crippen molar-refractivity contribution in [3.63, 3.8) is 0 Å². The monoisotopic (exact) mass is 327 g/mol. The number of carbonyl (C=O) groups is 3. The second-order valence-electron chi connectivity index (χ2n) is 4.83. The molecule has 7 heteroatoms. The first-order chi connectivity index (χ1) is 9.97. The van der Waals surface area contributed by atoms with Crippen molar-refractivity contribution in [1.82, 2.24) is 4.90 Å². The fourth-order valence-corrected chi connectivity index (χ4v) is 4.41. The normalized spacial score (nSPS) is 18.8. The van der Waals surface area contributed by atoms with Crippen LogP contribution in [-0.2, 0) is 9.59 Å². The highest BCUT2D eigenvalue weighted by molar-refractivity contribution is 8.00. The van der Waals surface area contributed by atoms with Gasteiger partial charge in [0.2, 0.25) is 11.8 Å². The van der Waals surface area contributed by atoms with E-state index in [1.807, 2.05) is 13.8 Å². The summed E-state index contributed by atoms with van der Waals surface area (Å²) < 4.78 is 0. The maximum atomic E-state index is 12.4. The first kappa shape index (κ1) is 16.0. The number of thiophene rings is 1. The first-order valence-electron chi connectivity index (χ1n) is 6.82. The molecule has 21 heavy (non-hydrogen) atoms. The van der Waals surface area contributed by atoms with Crippen LogP contribution in [0.4, 0.5) is 0 Å². The number of thioether (sulfide) groups is 1. The third-order valence-corrected chi connectivity index (χ3v) is 5.74. The predicted octanol–water partition coefficient (Wildman–Crippen LogP) is 2.85. The number of nitrogens with zero attached hydrogens (tertiary/aromatic N) is 1. The van der Waals surface area contributed by atoms with Gasteiger partial charge in [-0.3, -0.25) is 14.5 Å². The van der Waals surface area contributed by atoms with Gasteiger partial charge in [-0.05, 0) is 18.9 Å². The number of likely N-dealkylation sites (tertiary alicyclic amines) is 1. The molecule has 2 rings (SSSR count). The molecule has 1 saturated heterocycles. The Balaban J connectivity index is 2.09. The highest BCUT2D eigenvalue weighted by atomic mass is 32.2. The molecule has 1 aromatic heterocycles. The van der Waals surface area contributed by atoms with E-state index in [1.54, 1.807) is 11.4 Å². The molecule has 1 atom stereocenters. The molecule has 1 aliphatic rings. The zero-order valence-electron chi connectivity index (χ0n) is 11.9. The number of carboxylic acid groups (broad SMARTS) is 1. The van der Waals surface area contributed by atoms with Gasteiger partial charge in [0.25, 0.3) is 0 Å². The minimum Gasteiger partial charge on any atom is -0.477 e. The van der Waals surface area contributed by atoms with Crippen LogP contribution >= 0.6 is 23.1 Å². The standard InChI is InChI=1S/C14H17NO4S2/c1-3-8(4-2)15-12(16)6-10(13(15)17)21-9-5-11(14(18)19)20-7-9/h5,7-8,10H,3-4,6H2,1-2H3,(H,18,19). The Labute approximate surface area is 131 Å². The van der Waals surface area contributed by atoms with E-state index in [4.69, 9.17) is 5.11 Å². The molecule has 1 N–H and O–H groups in total. The van der Waals surface area contributed by atoms with Gasteiger partial charge < -0.3 is 5.11 Å². The molecule has 1 aromatic rings. The van der Waals surface area contributed by atoms with Crippen molar-refractivity contribution in [2.45, 2.75) is 49.3 Å². The SMILES string of the molecule is CCC(CC)N1C(=O)CC(Sc2csc(C(=O)O)c2)C1=O. The molecular formula is C14H17NO4S2. The van der Waals surface area contributed by atoms with Crippen molar-refractivity contribution in [1.29, 1.82) is 0 Å². The number of rotatable bonds is 6. The van der Waals surface area contributed by atoms with Gasteiger partial charge >= 0.3 is 5.97 Å². The number of hydrogen-bond donors (Lipinski definition) is 1. The lowest BCUT2D eigenvalue weighted by molar-refractivity contribution is -0.141. The average Bonchev–Trinajstić information content (AvgIpc) is 3.01. The Morgan fingerprint density at radius 3 is 2.67 bits per heavy atom. The van der Waals surface area contributed by atoms with Gasteiger partial charge in [-0.15, -0.1) is 23.1 Å². The van der Waals surface area contributed by atoms with Gasteiger partial charge in [-0.2, -0.15) is 0 Å². The molecule has 0 saturated carbocycles. The summed E-state index contributed by atoms with van der Waals surface area (Å²) in [4.78, 5) is 37.7. The molecule has 5 nitrogen and oxygen atoms in total. The number of imide groups is 1. The molecule has 2 heterocycles. The Hall–Kier alpha value is -1.34.